The first kappa shape index (κ1) is 9.01. The van der Waals surface area contributed by atoms with Gasteiger partial charge in [-0.1, -0.05) is 6.92 Å². The molecule has 1 heterocycles. The summed E-state index contributed by atoms with van der Waals surface area (Å²) < 4.78 is 6.58. The van der Waals surface area contributed by atoms with Gasteiger partial charge in [0.1, 0.15) is 6.61 Å². The molecule has 0 spiro atoms. The van der Waals surface area contributed by atoms with E-state index in [1.54, 1.807) is 0 Å². The van der Waals surface area contributed by atoms with E-state index in [2.05, 4.69) is 27.9 Å². The molecule has 0 radical (unpaired) electrons. The van der Waals surface area contributed by atoms with Crippen molar-refractivity contribution in [2.24, 2.45) is 0 Å². The molecule has 1 aliphatic rings. The van der Waals surface area contributed by atoms with Crippen LogP contribution in [-0.4, -0.2) is 37.5 Å². The molecule has 0 aromatic carbocycles. The molecular formula is C9H20NO+. The lowest BCUT2D eigenvalue weighted by Gasteiger charge is -2.34. The minimum atomic E-state index is 0.184. The molecule has 0 bridgehead atoms. The number of ether oxygens (including phenoxy) is 1. The van der Waals surface area contributed by atoms with Crippen LogP contribution in [0.3, 0.4) is 0 Å². The third-order valence-electron chi connectivity index (χ3n) is 3.01. The summed E-state index contributed by atoms with van der Waals surface area (Å²) in [5, 5.41) is 0. The SMILES string of the molecule is CCCC1([N+](C)(C)CC)CO1. The van der Waals surface area contributed by atoms with Crippen LogP contribution in [0.1, 0.15) is 26.7 Å². The van der Waals surface area contributed by atoms with Crippen molar-refractivity contribution in [3.63, 3.8) is 0 Å². The number of likely N-dealkylation sites (N-methyl/N-ethyl adjacent to an activating group) is 1. The minimum Gasteiger partial charge on any atom is -0.315 e. The zero-order chi connectivity index (χ0) is 8.54. The Morgan fingerprint density at radius 2 is 1.91 bits per heavy atom. The van der Waals surface area contributed by atoms with E-state index in [0.717, 1.165) is 17.6 Å². The van der Waals surface area contributed by atoms with Crippen molar-refractivity contribution in [1.29, 1.82) is 0 Å². The third kappa shape index (κ3) is 1.42. The van der Waals surface area contributed by atoms with Gasteiger partial charge in [0, 0.05) is 6.42 Å². The number of rotatable bonds is 4. The van der Waals surface area contributed by atoms with Crippen LogP contribution >= 0.6 is 0 Å². The third-order valence-corrected chi connectivity index (χ3v) is 3.01. The lowest BCUT2D eigenvalue weighted by Crippen LogP contribution is -2.51. The second kappa shape index (κ2) is 2.76. The highest BCUT2D eigenvalue weighted by Gasteiger charge is 2.57. The van der Waals surface area contributed by atoms with E-state index in [4.69, 9.17) is 4.74 Å². The van der Waals surface area contributed by atoms with E-state index in [1.165, 1.54) is 12.8 Å². The molecule has 1 fully saturated rings. The quantitative estimate of drug-likeness (QED) is 0.447. The number of hydrogen-bond donors (Lipinski definition) is 0. The van der Waals surface area contributed by atoms with Crippen LogP contribution in [0.2, 0.25) is 0 Å². The Morgan fingerprint density at radius 1 is 1.36 bits per heavy atom. The Labute approximate surface area is 69.7 Å². The van der Waals surface area contributed by atoms with Gasteiger partial charge in [-0.25, -0.2) is 0 Å². The fraction of sp³-hybridized carbons (Fsp3) is 1.00. The molecule has 0 saturated carbocycles. The van der Waals surface area contributed by atoms with E-state index in [0.29, 0.717) is 0 Å². The van der Waals surface area contributed by atoms with Gasteiger partial charge in [0.2, 0.25) is 5.72 Å². The number of quaternary nitrogens is 1. The maximum atomic E-state index is 5.56. The lowest BCUT2D eigenvalue weighted by molar-refractivity contribution is -0.936. The van der Waals surface area contributed by atoms with Crippen LogP contribution in [0.5, 0.6) is 0 Å². The Balaban J connectivity index is 2.56. The van der Waals surface area contributed by atoms with E-state index >= 15 is 0 Å². The highest BCUT2D eigenvalue weighted by atomic mass is 16.6. The largest absolute Gasteiger partial charge is 0.315 e. The van der Waals surface area contributed by atoms with Gasteiger partial charge in [-0.05, 0) is 13.3 Å². The number of epoxide rings is 1. The first-order chi connectivity index (χ1) is 5.08. The average Bonchev–Trinajstić information content (AvgIpc) is 2.70. The van der Waals surface area contributed by atoms with E-state index in [1.807, 2.05) is 0 Å². The molecule has 1 saturated heterocycles. The molecule has 0 aliphatic carbocycles. The topological polar surface area (TPSA) is 12.5 Å². The molecule has 2 heteroatoms. The van der Waals surface area contributed by atoms with Crippen LogP contribution in [0.15, 0.2) is 0 Å². The highest BCUT2D eigenvalue weighted by Crippen LogP contribution is 2.39. The number of hydrogen-bond acceptors (Lipinski definition) is 1. The van der Waals surface area contributed by atoms with Crippen LogP contribution in [0, 0.1) is 0 Å². The van der Waals surface area contributed by atoms with Crippen molar-refractivity contribution in [3.8, 4) is 0 Å². The molecule has 1 aliphatic heterocycles. The van der Waals surface area contributed by atoms with Gasteiger partial charge in [0.15, 0.2) is 0 Å². The van der Waals surface area contributed by atoms with Gasteiger partial charge >= 0.3 is 0 Å². The monoisotopic (exact) mass is 158 g/mol. The molecule has 11 heavy (non-hydrogen) atoms. The van der Waals surface area contributed by atoms with Gasteiger partial charge in [-0.3, -0.25) is 4.48 Å². The zero-order valence-corrected chi connectivity index (χ0v) is 8.18. The maximum absolute atomic E-state index is 5.56. The van der Waals surface area contributed by atoms with Crippen LogP contribution in [0.4, 0.5) is 0 Å². The standard InChI is InChI=1S/C9H20NO/c1-5-7-9(8-11-9)10(3,4)6-2/h5-8H2,1-4H3/q+1. The molecule has 1 rings (SSSR count). The summed E-state index contributed by atoms with van der Waals surface area (Å²) in [6, 6.07) is 0. The van der Waals surface area contributed by atoms with Crippen LogP contribution in [0.25, 0.3) is 0 Å². The Morgan fingerprint density at radius 3 is 2.18 bits per heavy atom. The van der Waals surface area contributed by atoms with E-state index in [-0.39, 0.29) is 5.72 Å². The summed E-state index contributed by atoms with van der Waals surface area (Å²) >= 11 is 0. The zero-order valence-electron chi connectivity index (χ0n) is 8.18. The summed E-state index contributed by atoms with van der Waals surface area (Å²) in [5.74, 6) is 0. The average molecular weight is 158 g/mol. The fourth-order valence-corrected chi connectivity index (χ4v) is 1.56. The Bertz CT molecular complexity index is 138. The van der Waals surface area contributed by atoms with Gasteiger partial charge in [-0.2, -0.15) is 0 Å². The molecule has 1 unspecified atom stereocenters. The molecular weight excluding hydrogens is 138 g/mol. The molecule has 0 aromatic heterocycles. The molecule has 1 atom stereocenters. The van der Waals surface area contributed by atoms with E-state index < -0.39 is 0 Å². The van der Waals surface area contributed by atoms with Crippen LogP contribution < -0.4 is 0 Å². The minimum absolute atomic E-state index is 0.184. The molecule has 2 nitrogen and oxygen atoms in total. The second-order valence-corrected chi connectivity index (χ2v) is 3.99. The van der Waals surface area contributed by atoms with Crippen molar-refractivity contribution in [2.75, 3.05) is 27.2 Å². The van der Waals surface area contributed by atoms with Gasteiger partial charge in [0.05, 0.1) is 20.6 Å². The lowest BCUT2D eigenvalue weighted by atomic mass is 10.1. The summed E-state index contributed by atoms with van der Waals surface area (Å²) in [7, 11) is 4.51. The molecule has 0 aromatic rings. The van der Waals surface area contributed by atoms with Crippen LogP contribution in [-0.2, 0) is 4.74 Å². The molecule has 66 valence electrons. The normalized spacial score (nSPS) is 30.5. The highest BCUT2D eigenvalue weighted by molar-refractivity contribution is 4.81. The van der Waals surface area contributed by atoms with Crippen molar-refractivity contribution in [3.05, 3.63) is 0 Å². The predicted octanol–water partition coefficient (Wildman–Crippen LogP) is 1.61. The first-order valence-electron chi connectivity index (χ1n) is 4.55. The fourth-order valence-electron chi connectivity index (χ4n) is 1.56. The van der Waals surface area contributed by atoms with Gasteiger partial charge < -0.3 is 4.74 Å². The number of nitrogens with zero attached hydrogens (tertiary/aromatic N) is 1. The van der Waals surface area contributed by atoms with Crippen molar-refractivity contribution in [2.45, 2.75) is 32.4 Å². The second-order valence-electron chi connectivity index (χ2n) is 3.99. The smallest absolute Gasteiger partial charge is 0.227 e. The predicted molar refractivity (Wildman–Crippen MR) is 46.2 cm³/mol. The summed E-state index contributed by atoms with van der Waals surface area (Å²) in [4.78, 5) is 0. The van der Waals surface area contributed by atoms with Crippen molar-refractivity contribution in [1.82, 2.24) is 0 Å². The van der Waals surface area contributed by atoms with Crippen molar-refractivity contribution < 1.29 is 9.22 Å². The molecule has 0 amide bonds. The summed E-state index contributed by atoms with van der Waals surface area (Å²) in [5.41, 5.74) is 0.184. The first-order valence-corrected chi connectivity index (χ1v) is 4.55. The Hall–Kier alpha value is -0.0800. The summed E-state index contributed by atoms with van der Waals surface area (Å²) in [6.07, 6.45) is 2.43. The van der Waals surface area contributed by atoms with E-state index in [9.17, 15) is 0 Å². The molecule has 0 N–H and O–H groups in total. The maximum Gasteiger partial charge on any atom is 0.227 e. The van der Waals surface area contributed by atoms with Crippen molar-refractivity contribution >= 4 is 0 Å². The Kier molecular flexibility index (Phi) is 2.26. The summed E-state index contributed by atoms with van der Waals surface area (Å²) in [6.45, 7) is 6.56. The van der Waals surface area contributed by atoms with Gasteiger partial charge in [-0.15, -0.1) is 0 Å². The van der Waals surface area contributed by atoms with Gasteiger partial charge in [0.25, 0.3) is 0 Å².